The molecule has 0 unspecified atom stereocenters. The van der Waals surface area contributed by atoms with Gasteiger partial charge in [0.2, 0.25) is 0 Å². The van der Waals surface area contributed by atoms with Crippen LogP contribution in [0.1, 0.15) is 15.2 Å². The second kappa shape index (κ2) is 8.73. The van der Waals surface area contributed by atoms with Crippen molar-refractivity contribution < 1.29 is 19.4 Å². The van der Waals surface area contributed by atoms with Crippen molar-refractivity contribution >= 4 is 40.9 Å². The first-order valence-corrected chi connectivity index (χ1v) is 9.42. The van der Waals surface area contributed by atoms with Crippen LogP contribution >= 0.6 is 22.9 Å². The Morgan fingerprint density at radius 2 is 1.79 bits per heavy atom. The molecule has 0 saturated heterocycles. The van der Waals surface area contributed by atoms with E-state index in [1.165, 1.54) is 24.5 Å². The predicted molar refractivity (Wildman–Crippen MR) is 111 cm³/mol. The Labute approximate surface area is 170 Å². The van der Waals surface area contributed by atoms with Gasteiger partial charge in [-0.25, -0.2) is 4.79 Å². The van der Waals surface area contributed by atoms with Gasteiger partial charge in [-0.15, -0.1) is 11.3 Å². The van der Waals surface area contributed by atoms with Crippen molar-refractivity contribution in [3.63, 3.8) is 0 Å². The zero-order valence-corrected chi connectivity index (χ0v) is 16.4. The molecule has 0 aliphatic heterocycles. The van der Waals surface area contributed by atoms with Gasteiger partial charge in [-0.2, -0.15) is 0 Å². The van der Waals surface area contributed by atoms with Gasteiger partial charge in [0, 0.05) is 25.9 Å². The van der Waals surface area contributed by atoms with Crippen LogP contribution in [-0.4, -0.2) is 24.1 Å². The summed E-state index contributed by atoms with van der Waals surface area (Å²) in [6, 6.07) is 17.5. The van der Waals surface area contributed by atoms with E-state index in [0.29, 0.717) is 21.2 Å². The van der Waals surface area contributed by atoms with Crippen LogP contribution in [0.15, 0.2) is 66.4 Å². The first-order valence-electron chi connectivity index (χ1n) is 8.23. The van der Waals surface area contributed by atoms with Crippen LogP contribution in [-0.2, 0) is 4.79 Å². The SMILES string of the molecule is COc1ccc(C(=O)N/C(=C/c2ccc(-c3ccccc3Cl)s2)C(=O)O)cc1. The number of hydrogen-bond donors (Lipinski definition) is 2. The highest BCUT2D eigenvalue weighted by atomic mass is 35.5. The topological polar surface area (TPSA) is 75.6 Å². The van der Waals surface area contributed by atoms with E-state index in [0.717, 1.165) is 10.4 Å². The lowest BCUT2D eigenvalue weighted by molar-refractivity contribution is -0.132. The fourth-order valence-electron chi connectivity index (χ4n) is 2.47. The highest BCUT2D eigenvalue weighted by molar-refractivity contribution is 7.16. The number of carbonyl (C=O) groups excluding carboxylic acids is 1. The average molecular weight is 414 g/mol. The highest BCUT2D eigenvalue weighted by Crippen LogP contribution is 2.33. The number of aliphatic carboxylic acids is 1. The number of hydrogen-bond acceptors (Lipinski definition) is 4. The lowest BCUT2D eigenvalue weighted by Gasteiger charge is -2.06. The summed E-state index contributed by atoms with van der Waals surface area (Å²) in [6.07, 6.45) is 1.43. The Balaban J connectivity index is 1.82. The molecule has 5 nitrogen and oxygen atoms in total. The van der Waals surface area contributed by atoms with Gasteiger partial charge in [0.15, 0.2) is 0 Å². The third-order valence-electron chi connectivity index (χ3n) is 3.88. The van der Waals surface area contributed by atoms with E-state index in [-0.39, 0.29) is 5.70 Å². The molecule has 0 fully saturated rings. The minimum atomic E-state index is -1.23. The smallest absolute Gasteiger partial charge is 0.352 e. The largest absolute Gasteiger partial charge is 0.497 e. The Kier molecular flexibility index (Phi) is 6.13. The highest BCUT2D eigenvalue weighted by Gasteiger charge is 2.14. The Bertz CT molecular complexity index is 1040. The summed E-state index contributed by atoms with van der Waals surface area (Å²) in [4.78, 5) is 25.5. The number of amides is 1. The molecule has 0 bridgehead atoms. The third-order valence-corrected chi connectivity index (χ3v) is 5.28. The zero-order valence-electron chi connectivity index (χ0n) is 14.8. The standard InChI is InChI=1S/C21H16ClNO4S/c1-27-14-8-6-13(7-9-14)20(24)23-18(21(25)26)12-15-10-11-19(28-15)16-4-2-3-5-17(16)22/h2-12H,1H3,(H,23,24)(H,25,26)/b18-12+. The maximum atomic E-state index is 12.4. The lowest BCUT2D eigenvalue weighted by atomic mass is 10.2. The summed E-state index contributed by atoms with van der Waals surface area (Å²) < 4.78 is 5.05. The van der Waals surface area contributed by atoms with Gasteiger partial charge < -0.3 is 15.2 Å². The number of benzene rings is 2. The number of ether oxygens (including phenoxy) is 1. The van der Waals surface area contributed by atoms with Crippen molar-refractivity contribution in [2.75, 3.05) is 7.11 Å². The molecule has 3 rings (SSSR count). The number of methoxy groups -OCH3 is 1. The fourth-order valence-corrected chi connectivity index (χ4v) is 3.75. The summed E-state index contributed by atoms with van der Waals surface area (Å²) in [7, 11) is 1.53. The number of carbonyl (C=O) groups is 2. The molecule has 1 heterocycles. The molecule has 0 atom stereocenters. The predicted octanol–water partition coefficient (Wildman–Crippen LogP) is 4.93. The first-order chi connectivity index (χ1) is 13.5. The molecule has 0 saturated carbocycles. The van der Waals surface area contributed by atoms with Crippen LogP contribution < -0.4 is 10.1 Å². The van der Waals surface area contributed by atoms with Gasteiger partial charge in [0.25, 0.3) is 5.91 Å². The fraction of sp³-hybridized carbons (Fsp3) is 0.0476. The first kappa shape index (κ1) is 19.7. The van der Waals surface area contributed by atoms with Crippen LogP contribution in [0.5, 0.6) is 5.75 Å². The number of thiophene rings is 1. The van der Waals surface area contributed by atoms with Gasteiger partial charge in [0.05, 0.1) is 7.11 Å². The van der Waals surface area contributed by atoms with Gasteiger partial charge in [-0.3, -0.25) is 4.79 Å². The van der Waals surface area contributed by atoms with Crippen LogP contribution in [0, 0.1) is 0 Å². The zero-order chi connectivity index (χ0) is 20.1. The van der Waals surface area contributed by atoms with Gasteiger partial charge in [-0.05, 0) is 48.5 Å². The molecule has 28 heavy (non-hydrogen) atoms. The number of halogens is 1. The Morgan fingerprint density at radius 3 is 2.43 bits per heavy atom. The van der Waals surface area contributed by atoms with Gasteiger partial charge in [-0.1, -0.05) is 29.8 Å². The monoisotopic (exact) mass is 413 g/mol. The summed E-state index contributed by atoms with van der Waals surface area (Å²) >= 11 is 7.60. The minimum absolute atomic E-state index is 0.214. The second-order valence-electron chi connectivity index (χ2n) is 5.73. The van der Waals surface area contributed by atoms with Crippen LogP contribution in [0.4, 0.5) is 0 Å². The summed E-state index contributed by atoms with van der Waals surface area (Å²) in [5, 5.41) is 12.5. The average Bonchev–Trinajstić information content (AvgIpc) is 3.16. The van der Waals surface area contributed by atoms with Crippen molar-refractivity contribution in [1.29, 1.82) is 0 Å². The number of nitrogens with one attached hydrogen (secondary N) is 1. The van der Waals surface area contributed by atoms with E-state index in [4.69, 9.17) is 16.3 Å². The third kappa shape index (κ3) is 4.60. The summed E-state index contributed by atoms with van der Waals surface area (Å²) in [6.45, 7) is 0. The van der Waals surface area contributed by atoms with Crippen molar-refractivity contribution in [3.05, 3.63) is 81.8 Å². The molecule has 7 heteroatoms. The van der Waals surface area contributed by atoms with Crippen molar-refractivity contribution in [1.82, 2.24) is 5.32 Å². The minimum Gasteiger partial charge on any atom is -0.497 e. The molecule has 0 aliphatic rings. The number of carboxylic acid groups (broad SMARTS) is 1. The molecular formula is C21H16ClNO4S. The lowest BCUT2D eigenvalue weighted by Crippen LogP contribution is -2.27. The van der Waals surface area contributed by atoms with Crippen molar-refractivity contribution in [3.8, 4) is 16.2 Å². The van der Waals surface area contributed by atoms with Crippen LogP contribution in [0.3, 0.4) is 0 Å². The van der Waals surface area contributed by atoms with E-state index in [9.17, 15) is 14.7 Å². The Morgan fingerprint density at radius 1 is 1.07 bits per heavy atom. The van der Waals surface area contributed by atoms with Gasteiger partial charge in [0.1, 0.15) is 11.4 Å². The maximum absolute atomic E-state index is 12.4. The molecule has 2 aromatic carbocycles. The maximum Gasteiger partial charge on any atom is 0.352 e. The molecule has 2 N–H and O–H groups in total. The summed E-state index contributed by atoms with van der Waals surface area (Å²) in [5.74, 6) is -1.13. The van der Waals surface area contributed by atoms with Crippen molar-refractivity contribution in [2.45, 2.75) is 0 Å². The van der Waals surface area contributed by atoms with E-state index in [2.05, 4.69) is 5.32 Å². The normalized spacial score (nSPS) is 11.1. The molecular weight excluding hydrogens is 398 g/mol. The molecule has 1 aromatic heterocycles. The van der Waals surface area contributed by atoms with Crippen LogP contribution in [0.25, 0.3) is 16.5 Å². The molecule has 0 radical (unpaired) electrons. The van der Waals surface area contributed by atoms with Crippen molar-refractivity contribution in [2.24, 2.45) is 0 Å². The molecule has 1 amide bonds. The molecule has 142 valence electrons. The van der Waals surface area contributed by atoms with Gasteiger partial charge >= 0.3 is 5.97 Å². The number of carboxylic acids is 1. The molecule has 0 spiro atoms. The van der Waals surface area contributed by atoms with E-state index >= 15 is 0 Å². The quantitative estimate of drug-likeness (QED) is 0.561. The van der Waals surface area contributed by atoms with E-state index in [1.54, 1.807) is 36.4 Å². The molecule has 3 aromatic rings. The second-order valence-corrected chi connectivity index (χ2v) is 7.25. The Hall–Kier alpha value is -3.09. The van der Waals surface area contributed by atoms with E-state index < -0.39 is 11.9 Å². The summed E-state index contributed by atoms with van der Waals surface area (Å²) in [5.41, 5.74) is 0.984. The molecule has 0 aliphatic carbocycles. The van der Waals surface area contributed by atoms with E-state index in [1.807, 2.05) is 24.3 Å². The van der Waals surface area contributed by atoms with Crippen LogP contribution in [0.2, 0.25) is 5.02 Å². The number of rotatable bonds is 6.